The zero-order valence-electron chi connectivity index (χ0n) is 10.5. The van der Waals surface area contributed by atoms with E-state index < -0.39 is 0 Å². The van der Waals surface area contributed by atoms with E-state index in [1.807, 2.05) is 0 Å². The van der Waals surface area contributed by atoms with Gasteiger partial charge < -0.3 is 19.1 Å². The zero-order valence-corrected chi connectivity index (χ0v) is 23.3. The second kappa shape index (κ2) is 39.7. The average Bonchev–Trinajstić information content (AvgIpc) is 2.16. The van der Waals surface area contributed by atoms with Crippen LogP contribution in [-0.4, -0.2) is 26.8 Å². The topological polar surface area (TPSA) is 52.6 Å². The summed E-state index contributed by atoms with van der Waals surface area (Å²) in [5.41, 5.74) is 0. The minimum absolute atomic E-state index is 0. The average molecular weight is 736 g/mol. The molecule has 0 radical (unpaired) electrons. The van der Waals surface area contributed by atoms with E-state index >= 15 is 0 Å². The predicted octanol–water partition coefficient (Wildman–Crippen LogP) is 1.47. The first-order chi connectivity index (χ1) is 6.64. The van der Waals surface area contributed by atoms with Gasteiger partial charge in [0.2, 0.25) is 0 Å². The van der Waals surface area contributed by atoms with Crippen molar-refractivity contribution in [1.29, 1.82) is 0 Å². The van der Waals surface area contributed by atoms with Gasteiger partial charge in [-0.25, -0.2) is 14.2 Å². The summed E-state index contributed by atoms with van der Waals surface area (Å²) in [4.78, 5) is 19.3. The Balaban J connectivity index is -0.0000000434. The molecule has 0 aromatic heterocycles. The molecule has 0 saturated carbocycles. The van der Waals surface area contributed by atoms with E-state index in [1.165, 1.54) is 14.2 Å². The maximum absolute atomic E-state index is 9.76. The Morgan fingerprint density at radius 1 is 1.12 bits per heavy atom. The molecule has 0 aromatic carbocycles. The molecule has 6 heteroatoms. The first-order valence-electron chi connectivity index (χ1n) is 3.93. The molecule has 0 aromatic rings. The van der Waals surface area contributed by atoms with Gasteiger partial charge in [0.1, 0.15) is 0 Å². The van der Waals surface area contributed by atoms with Crippen molar-refractivity contribution in [3.63, 3.8) is 0 Å². The van der Waals surface area contributed by atoms with Gasteiger partial charge in [0.15, 0.2) is 0 Å². The van der Waals surface area contributed by atoms with E-state index in [0.29, 0.717) is 12.8 Å². The Morgan fingerprint density at radius 3 is 1.62 bits per heavy atom. The van der Waals surface area contributed by atoms with Crippen molar-refractivity contribution in [2.45, 2.75) is 19.8 Å². The van der Waals surface area contributed by atoms with Gasteiger partial charge in [0, 0.05) is 0 Å². The molecule has 0 fully saturated rings. The van der Waals surface area contributed by atoms with Crippen molar-refractivity contribution >= 4 is 12.6 Å². The first kappa shape index (κ1) is 29.2. The maximum atomic E-state index is 9.76. The zero-order chi connectivity index (χ0) is 11.8. The molecule has 0 N–H and O–H groups in total. The van der Waals surface area contributed by atoms with Crippen LogP contribution < -0.4 is 0 Å². The Labute approximate surface area is 86.6 Å². The Bertz CT molecular complexity index is 111. The van der Waals surface area contributed by atoms with Crippen LogP contribution in [0.3, 0.4) is 0 Å². The summed E-state index contributed by atoms with van der Waals surface area (Å²) in [6.07, 6.45) is 4.39. The first-order valence-corrected chi connectivity index (χ1v) is 3.93. The fourth-order valence-corrected chi connectivity index (χ4v) is 0.334. The van der Waals surface area contributed by atoms with Gasteiger partial charge in [0.05, 0.1) is 0 Å². The molecule has 0 saturated heterocycles. The van der Waals surface area contributed by atoms with E-state index in [2.05, 4.69) is 23.7 Å². The largest absolute Gasteiger partial charge is 0.557 e. The van der Waals surface area contributed by atoms with Gasteiger partial charge in [-0.15, -0.1) is 5.92 Å². The van der Waals surface area contributed by atoms with E-state index in [9.17, 15) is 9.59 Å². The number of methoxy groups -OCH3 is 2. The summed E-state index contributed by atoms with van der Waals surface area (Å²) >= 11 is 0. The predicted molar refractivity (Wildman–Crippen MR) is 54.5 cm³/mol. The maximum Gasteiger partial charge on any atom is 0 e. The van der Waals surface area contributed by atoms with Gasteiger partial charge in [-0.3, -0.25) is 12.6 Å². The molecule has 0 amide bonds. The summed E-state index contributed by atoms with van der Waals surface area (Å²) in [5.74, 6) is -0.114. The van der Waals surface area contributed by atoms with Gasteiger partial charge in [0.25, 0.3) is 0 Å². The van der Waals surface area contributed by atoms with E-state index in [4.69, 9.17) is 0 Å². The molecule has 0 rings (SSSR count). The minimum atomic E-state index is -0.114. The molecular formula is C10H18O4Rf2-4. The van der Waals surface area contributed by atoms with Crippen LogP contribution in [0.4, 0.5) is 0 Å². The van der Waals surface area contributed by atoms with E-state index in [-0.39, 0.29) is 5.92 Å². The fraction of sp³-hybridized carbons (Fsp3) is 0.600. The molecule has 1 unspecified atom stereocenters. The number of rotatable bonds is 4. The van der Waals surface area contributed by atoms with Crippen LogP contribution in [-0.2, 0) is 19.1 Å². The molecule has 0 aliphatic heterocycles. The van der Waals surface area contributed by atoms with Crippen LogP contribution in [0.5, 0.6) is 0 Å². The summed E-state index contributed by atoms with van der Waals surface area (Å²) in [5, 5.41) is 0. The molecule has 16 heavy (non-hydrogen) atoms. The molecule has 0 bridgehead atoms. The number of hydrogen-bond donors (Lipinski definition) is 0. The summed E-state index contributed by atoms with van der Waals surface area (Å²) < 4.78 is 8.00. The quantitative estimate of drug-likeness (QED) is 0.411. The van der Waals surface area contributed by atoms with E-state index in [1.54, 1.807) is 19.5 Å². The Kier molecular flexibility index (Phi) is 72.4. The van der Waals surface area contributed by atoms with Crippen molar-refractivity contribution in [2.75, 3.05) is 14.2 Å². The molecule has 0 spiro atoms. The summed E-state index contributed by atoms with van der Waals surface area (Å²) in [7, 11) is 9.00. The third kappa shape index (κ3) is 112. The van der Waals surface area contributed by atoms with Crippen molar-refractivity contribution in [3.8, 4) is 0 Å². The smallest absolute Gasteiger partial charge is 0 e. The van der Waals surface area contributed by atoms with Gasteiger partial charge in [-0.1, -0.05) is 13.3 Å². The van der Waals surface area contributed by atoms with Crippen molar-refractivity contribution in [1.82, 2.24) is 0 Å². The third-order valence-electron chi connectivity index (χ3n) is 0.881. The van der Waals surface area contributed by atoms with E-state index in [0.717, 1.165) is 0 Å². The molecule has 0 heterocycles. The van der Waals surface area contributed by atoms with Crippen LogP contribution in [0, 0.1) is 20.1 Å². The fourth-order valence-electron chi connectivity index (χ4n) is 0.334. The SMILES string of the molecule is CC([C-]=O)CC[C-]=O.[CH2-]OC.[CH2-]OC.[Rf].[Rf]. The number of hydrogen-bond acceptors (Lipinski definition) is 4. The van der Waals surface area contributed by atoms with Gasteiger partial charge in [-0.2, -0.15) is 6.42 Å². The van der Waals surface area contributed by atoms with Crippen molar-refractivity contribution in [2.24, 2.45) is 5.92 Å². The monoisotopic (exact) mass is 736 g/mol. The minimum Gasteiger partial charge on any atom is -0.557 e. The molecule has 0 aliphatic rings. The normalized spacial score (nSPS) is 8.56. The number of carbonyl (C=O) groups excluding carboxylic acids is 2. The van der Waals surface area contributed by atoms with Gasteiger partial charge >= 0.3 is 0 Å². The van der Waals surface area contributed by atoms with Crippen LogP contribution in [0.25, 0.3) is 0 Å². The summed E-state index contributed by atoms with van der Waals surface area (Å²) in [6.45, 7) is 1.73. The Morgan fingerprint density at radius 2 is 1.44 bits per heavy atom. The van der Waals surface area contributed by atoms with Crippen LogP contribution >= 0.6 is 0 Å². The molecule has 90 valence electrons. The molecule has 1 atom stereocenters. The second-order valence-corrected chi connectivity index (χ2v) is 2.28. The standard InChI is InChI=1S/C6H8O2.2C2H5O.2Rf/c1-6(5-8)3-2-4-7;2*1-3-2;;/h6H,2-3H2,1H3;2*1H2,2H3;;/q-2;2*-1;;. The molecule has 4 nitrogen and oxygen atoms in total. The second-order valence-electron chi connectivity index (χ2n) is 2.28. The van der Waals surface area contributed by atoms with Crippen LogP contribution in [0.1, 0.15) is 19.8 Å². The van der Waals surface area contributed by atoms with Crippen molar-refractivity contribution in [3.05, 3.63) is 14.2 Å². The van der Waals surface area contributed by atoms with Gasteiger partial charge in [-0.05, 0) is 14.2 Å². The molecule has 0 aliphatic carbocycles. The summed E-state index contributed by atoms with van der Waals surface area (Å²) in [6, 6.07) is 0. The Hall–Kier alpha value is -2.74. The van der Waals surface area contributed by atoms with Crippen LogP contribution in [0.2, 0.25) is 0 Å². The third-order valence-corrected chi connectivity index (χ3v) is 0.881. The van der Waals surface area contributed by atoms with Crippen molar-refractivity contribution < 1.29 is 19.1 Å². The number of ether oxygens (including phenoxy) is 2. The molecular weight excluding hydrogens is 718 g/mol. The van der Waals surface area contributed by atoms with Crippen LogP contribution in [0.15, 0.2) is 0 Å².